The number of amidine groups is 1. The minimum atomic E-state index is 0.0941. The van der Waals surface area contributed by atoms with Crippen LogP contribution in [0.4, 0.5) is 0 Å². The molecule has 2 nitrogen and oxygen atoms in total. The third-order valence-electron chi connectivity index (χ3n) is 9.85. The van der Waals surface area contributed by atoms with Crippen molar-refractivity contribution < 1.29 is 0 Å². The van der Waals surface area contributed by atoms with E-state index in [0.29, 0.717) is 0 Å². The molecule has 1 heterocycles. The highest BCUT2D eigenvalue weighted by Gasteiger charge is 2.26. The normalized spacial score (nSPS) is 16.1. The Morgan fingerprint density at radius 3 is 1.56 bits per heavy atom. The topological polar surface area (TPSA) is 24.4 Å². The van der Waals surface area contributed by atoms with Crippen LogP contribution in [0.25, 0.3) is 54.6 Å². The number of nitrogens with zero attached hydrogens (tertiary/aromatic N) is 1. The largest absolute Gasteiger partial charge is 0.363 e. The second-order valence-corrected chi connectivity index (χ2v) is 12.8. The van der Waals surface area contributed by atoms with Crippen LogP contribution in [-0.2, 0) is 0 Å². The zero-order valence-electron chi connectivity index (χ0n) is 26.6. The lowest BCUT2D eigenvalue weighted by atomic mass is 9.91. The van der Waals surface area contributed by atoms with E-state index in [-0.39, 0.29) is 12.1 Å². The van der Waals surface area contributed by atoms with Gasteiger partial charge in [-0.3, -0.25) is 4.99 Å². The highest BCUT2D eigenvalue weighted by Crippen LogP contribution is 2.38. The summed E-state index contributed by atoms with van der Waals surface area (Å²) in [7, 11) is 0. The van der Waals surface area contributed by atoms with E-state index >= 15 is 0 Å². The Bertz CT molecular complexity index is 2460. The van der Waals surface area contributed by atoms with Crippen molar-refractivity contribution in [1.29, 1.82) is 0 Å². The Morgan fingerprint density at radius 2 is 0.917 bits per heavy atom. The highest BCUT2D eigenvalue weighted by molar-refractivity contribution is 6.07. The van der Waals surface area contributed by atoms with Crippen molar-refractivity contribution in [2.45, 2.75) is 18.5 Å². The average Bonchev–Trinajstić information content (AvgIpc) is 3.17. The van der Waals surface area contributed by atoms with Gasteiger partial charge in [0.25, 0.3) is 0 Å². The smallest absolute Gasteiger partial charge is 0.129 e. The number of fused-ring (bicyclic) bond motifs is 3. The molecule has 0 bridgehead atoms. The number of rotatable bonds is 5. The van der Waals surface area contributed by atoms with Crippen molar-refractivity contribution in [1.82, 2.24) is 5.32 Å². The van der Waals surface area contributed by atoms with Crippen LogP contribution in [0.5, 0.6) is 0 Å². The number of hydrogen-bond acceptors (Lipinski definition) is 2. The molecule has 0 spiro atoms. The fourth-order valence-corrected chi connectivity index (χ4v) is 7.37. The molecule has 9 rings (SSSR count). The molecule has 0 aliphatic carbocycles. The highest BCUT2D eigenvalue weighted by atomic mass is 15.1. The molecule has 1 aliphatic rings. The third kappa shape index (κ3) is 5.22. The Morgan fingerprint density at radius 1 is 0.417 bits per heavy atom. The molecule has 1 N–H and O–H groups in total. The molecule has 0 saturated carbocycles. The summed E-state index contributed by atoms with van der Waals surface area (Å²) in [5.41, 5.74) is 8.62. The average molecular weight is 615 g/mol. The van der Waals surface area contributed by atoms with Crippen molar-refractivity contribution in [3.63, 3.8) is 0 Å². The summed E-state index contributed by atoms with van der Waals surface area (Å²) in [6.07, 6.45) is 0.919. The summed E-state index contributed by atoms with van der Waals surface area (Å²) >= 11 is 0. The fourth-order valence-electron chi connectivity index (χ4n) is 7.37. The molecule has 1 aliphatic heterocycles. The van der Waals surface area contributed by atoms with Gasteiger partial charge in [0.15, 0.2) is 0 Å². The van der Waals surface area contributed by atoms with Crippen molar-refractivity contribution in [2.24, 2.45) is 4.99 Å². The number of aliphatic imine (C=N–C) groups is 1. The minimum absolute atomic E-state index is 0.0941. The van der Waals surface area contributed by atoms with Crippen LogP contribution < -0.4 is 5.32 Å². The van der Waals surface area contributed by atoms with Crippen LogP contribution in [0, 0.1) is 0 Å². The van der Waals surface area contributed by atoms with Gasteiger partial charge in [0.1, 0.15) is 5.84 Å². The Balaban J connectivity index is 1.08. The molecule has 0 radical (unpaired) electrons. The van der Waals surface area contributed by atoms with E-state index in [1.165, 1.54) is 65.7 Å². The molecule has 48 heavy (non-hydrogen) atoms. The molecular weight excluding hydrogens is 581 g/mol. The van der Waals surface area contributed by atoms with Gasteiger partial charge < -0.3 is 5.32 Å². The monoisotopic (exact) mass is 614 g/mol. The predicted octanol–water partition coefficient (Wildman–Crippen LogP) is 11.7. The van der Waals surface area contributed by atoms with E-state index in [1.807, 2.05) is 0 Å². The molecule has 0 fully saturated rings. The van der Waals surface area contributed by atoms with E-state index in [2.05, 4.69) is 181 Å². The number of nitrogens with one attached hydrogen (secondary N) is 1. The second-order valence-electron chi connectivity index (χ2n) is 12.8. The quantitative estimate of drug-likeness (QED) is 0.205. The van der Waals surface area contributed by atoms with E-state index in [0.717, 1.165) is 17.8 Å². The first-order valence-electron chi connectivity index (χ1n) is 16.8. The lowest BCUT2D eigenvalue weighted by Gasteiger charge is -2.31. The molecule has 8 aromatic rings. The van der Waals surface area contributed by atoms with E-state index < -0.39 is 0 Å². The zero-order valence-corrected chi connectivity index (χ0v) is 26.6. The summed E-state index contributed by atoms with van der Waals surface area (Å²) < 4.78 is 0. The molecule has 228 valence electrons. The van der Waals surface area contributed by atoms with Crippen molar-refractivity contribution >= 4 is 38.2 Å². The second kappa shape index (κ2) is 12.0. The van der Waals surface area contributed by atoms with Crippen LogP contribution in [0.2, 0.25) is 0 Å². The van der Waals surface area contributed by atoms with Gasteiger partial charge in [0, 0.05) is 5.56 Å². The lowest BCUT2D eigenvalue weighted by molar-refractivity contribution is 0.490. The lowest BCUT2D eigenvalue weighted by Crippen LogP contribution is -2.34. The van der Waals surface area contributed by atoms with Crippen molar-refractivity contribution in [2.75, 3.05) is 0 Å². The maximum Gasteiger partial charge on any atom is 0.129 e. The third-order valence-corrected chi connectivity index (χ3v) is 9.85. The molecule has 2 unspecified atom stereocenters. The summed E-state index contributed by atoms with van der Waals surface area (Å²) in [4.78, 5) is 5.26. The van der Waals surface area contributed by atoms with Crippen molar-refractivity contribution in [3.05, 3.63) is 193 Å². The maximum atomic E-state index is 5.26. The van der Waals surface area contributed by atoms with Crippen LogP contribution in [0.3, 0.4) is 0 Å². The van der Waals surface area contributed by atoms with E-state index in [4.69, 9.17) is 4.99 Å². The summed E-state index contributed by atoms with van der Waals surface area (Å²) in [6.45, 7) is 0. The molecule has 0 saturated heterocycles. The van der Waals surface area contributed by atoms with Crippen LogP contribution in [0.15, 0.2) is 181 Å². The van der Waals surface area contributed by atoms with Gasteiger partial charge in [-0.1, -0.05) is 158 Å². The molecule has 2 heteroatoms. The summed E-state index contributed by atoms with van der Waals surface area (Å²) in [6, 6.07) is 64.0. The van der Waals surface area contributed by atoms with Crippen molar-refractivity contribution in [3.8, 4) is 22.3 Å². The van der Waals surface area contributed by atoms with Gasteiger partial charge in [0.05, 0.1) is 12.1 Å². The van der Waals surface area contributed by atoms with Gasteiger partial charge in [0.2, 0.25) is 0 Å². The first-order valence-corrected chi connectivity index (χ1v) is 16.8. The number of benzene rings is 8. The SMILES string of the molecule is c1ccc(C2CC(c3ccccc3)NC(c3ccc4cc(-c5cccc6c(-c7ccc8ccccc8c7)cccc56)ccc4c3)=N2)cc1. The van der Waals surface area contributed by atoms with Gasteiger partial charge in [-0.2, -0.15) is 0 Å². The molecular formula is C46H34N2. The molecule has 0 amide bonds. The summed E-state index contributed by atoms with van der Waals surface area (Å²) in [5, 5.41) is 11.3. The first-order chi connectivity index (χ1) is 23.8. The van der Waals surface area contributed by atoms with Gasteiger partial charge in [-0.15, -0.1) is 0 Å². The minimum Gasteiger partial charge on any atom is -0.363 e. The standard InChI is InChI=1S/C46H34N2/c1-3-12-32(13-4-1)44-30-45(33-14-5-2-6-15-33)48-46(47-44)39-26-23-35-28-38(25-22-36(35)29-39)41-18-10-19-42-40(17-9-20-43(41)42)37-24-21-31-11-7-8-16-34(31)27-37/h1-29,44-45H,30H2,(H,47,48). The Kier molecular flexibility index (Phi) is 7.05. The Labute approximate surface area is 281 Å². The predicted molar refractivity (Wildman–Crippen MR) is 202 cm³/mol. The molecule has 8 aromatic carbocycles. The van der Waals surface area contributed by atoms with Gasteiger partial charge in [-0.25, -0.2) is 0 Å². The maximum absolute atomic E-state index is 5.26. The Hall–Kier alpha value is -5.99. The van der Waals surface area contributed by atoms with E-state index in [9.17, 15) is 0 Å². The van der Waals surface area contributed by atoms with Crippen LogP contribution in [-0.4, -0.2) is 5.84 Å². The van der Waals surface area contributed by atoms with Crippen LogP contribution in [0.1, 0.15) is 35.2 Å². The van der Waals surface area contributed by atoms with Gasteiger partial charge in [-0.05, 0) is 90.3 Å². The van der Waals surface area contributed by atoms with Gasteiger partial charge >= 0.3 is 0 Å². The molecule has 2 atom stereocenters. The van der Waals surface area contributed by atoms with E-state index in [1.54, 1.807) is 0 Å². The number of hydrogen-bond donors (Lipinski definition) is 1. The summed E-state index contributed by atoms with van der Waals surface area (Å²) in [5.74, 6) is 0.949. The fraction of sp³-hybridized carbons (Fsp3) is 0.0652. The first kappa shape index (κ1) is 28.3. The molecule has 0 aromatic heterocycles. The zero-order chi connectivity index (χ0) is 31.9. The van der Waals surface area contributed by atoms with Crippen LogP contribution >= 0.6 is 0 Å².